The topological polar surface area (TPSA) is 68.3 Å². The van der Waals surface area contributed by atoms with Gasteiger partial charge in [-0.3, -0.25) is 9.59 Å². The zero-order chi connectivity index (χ0) is 16.9. The predicted octanol–water partition coefficient (Wildman–Crippen LogP) is 3.19. The van der Waals surface area contributed by atoms with Crippen LogP contribution < -0.4 is 5.32 Å². The summed E-state index contributed by atoms with van der Waals surface area (Å²) in [6.07, 6.45) is 1.51. The van der Waals surface area contributed by atoms with E-state index in [-0.39, 0.29) is 11.8 Å². The van der Waals surface area contributed by atoms with Crippen LogP contribution in [-0.4, -0.2) is 23.5 Å². The van der Waals surface area contributed by atoms with E-state index in [9.17, 15) is 9.59 Å². The fraction of sp³-hybridized carbons (Fsp3) is 0.235. The molecule has 1 N–H and O–H groups in total. The number of carbonyl (C=O) groups is 2. The Bertz CT molecular complexity index is 702. The Balaban J connectivity index is 1.94. The molecule has 0 fully saturated rings. The van der Waals surface area contributed by atoms with Gasteiger partial charge in [-0.15, -0.1) is 0 Å². The molecule has 2 rings (SSSR count). The van der Waals surface area contributed by atoms with E-state index >= 15 is 0 Å². The Labute approximate surface area is 139 Å². The lowest BCUT2D eigenvalue weighted by molar-refractivity contribution is -0.152. The number of amides is 1. The van der Waals surface area contributed by atoms with Crippen molar-refractivity contribution in [1.29, 1.82) is 0 Å². The van der Waals surface area contributed by atoms with Gasteiger partial charge < -0.3 is 10.1 Å². The monoisotopic (exact) mass is 332 g/mol. The fourth-order valence-corrected chi connectivity index (χ4v) is 2.12. The minimum absolute atomic E-state index is 0.178. The molecular weight excluding hydrogens is 316 g/mol. The summed E-state index contributed by atoms with van der Waals surface area (Å²) >= 11 is 5.85. The Morgan fingerprint density at radius 3 is 2.52 bits per heavy atom. The van der Waals surface area contributed by atoms with E-state index in [1.54, 1.807) is 26.0 Å². The minimum atomic E-state index is -0.840. The predicted molar refractivity (Wildman–Crippen MR) is 88.3 cm³/mol. The van der Waals surface area contributed by atoms with Gasteiger partial charge in [-0.25, -0.2) is 4.98 Å². The first-order chi connectivity index (χ1) is 10.9. The van der Waals surface area contributed by atoms with E-state index in [1.165, 1.54) is 6.20 Å². The lowest BCUT2D eigenvalue weighted by Crippen LogP contribution is -2.33. The molecular formula is C17H17ClN2O3. The number of benzene rings is 1. The van der Waals surface area contributed by atoms with Gasteiger partial charge in [0.25, 0.3) is 5.91 Å². The molecule has 120 valence electrons. The third-order valence-electron chi connectivity index (χ3n) is 3.37. The molecule has 0 saturated heterocycles. The van der Waals surface area contributed by atoms with Crippen LogP contribution in [0.3, 0.4) is 0 Å². The summed E-state index contributed by atoms with van der Waals surface area (Å²) < 4.78 is 5.12. The van der Waals surface area contributed by atoms with Crippen LogP contribution in [0.2, 0.25) is 5.15 Å². The first-order valence-corrected chi connectivity index (χ1v) is 7.42. The Kier molecular flexibility index (Phi) is 5.34. The quantitative estimate of drug-likeness (QED) is 0.674. The van der Waals surface area contributed by atoms with Gasteiger partial charge in [0.05, 0.1) is 11.1 Å². The fourth-order valence-electron chi connectivity index (χ4n) is 1.95. The molecule has 0 bridgehead atoms. The number of nitrogens with zero attached hydrogens (tertiary/aromatic N) is 1. The molecule has 1 aromatic heterocycles. The number of hydrogen-bond donors (Lipinski definition) is 1. The molecule has 0 saturated carbocycles. The van der Waals surface area contributed by atoms with Crippen molar-refractivity contribution < 1.29 is 14.3 Å². The zero-order valence-electron chi connectivity index (χ0n) is 12.9. The van der Waals surface area contributed by atoms with Crippen LogP contribution in [0.1, 0.15) is 19.4 Å². The molecule has 5 nitrogen and oxygen atoms in total. The average Bonchev–Trinajstić information content (AvgIpc) is 2.55. The summed E-state index contributed by atoms with van der Waals surface area (Å²) in [7, 11) is 0. The summed E-state index contributed by atoms with van der Waals surface area (Å²) in [6, 6.07) is 12.5. The summed E-state index contributed by atoms with van der Waals surface area (Å²) in [5.41, 5.74) is 0.353. The van der Waals surface area contributed by atoms with Crippen LogP contribution in [0, 0.1) is 0 Å². The van der Waals surface area contributed by atoms with E-state index < -0.39 is 17.3 Å². The molecule has 0 atom stereocenters. The van der Waals surface area contributed by atoms with Gasteiger partial charge in [-0.2, -0.15) is 0 Å². The van der Waals surface area contributed by atoms with Crippen LogP contribution in [0.4, 0.5) is 5.69 Å². The van der Waals surface area contributed by atoms with Crippen molar-refractivity contribution in [2.75, 3.05) is 11.9 Å². The highest BCUT2D eigenvalue weighted by molar-refractivity contribution is 6.32. The summed E-state index contributed by atoms with van der Waals surface area (Å²) in [5, 5.41) is 2.72. The van der Waals surface area contributed by atoms with Crippen LogP contribution in [0.5, 0.6) is 0 Å². The molecule has 0 spiro atoms. The largest absolute Gasteiger partial charge is 0.455 e. The average molecular weight is 333 g/mol. The van der Waals surface area contributed by atoms with Crippen molar-refractivity contribution in [2.24, 2.45) is 0 Å². The van der Waals surface area contributed by atoms with Crippen molar-refractivity contribution in [1.82, 2.24) is 4.98 Å². The van der Waals surface area contributed by atoms with E-state index in [4.69, 9.17) is 16.3 Å². The van der Waals surface area contributed by atoms with Gasteiger partial charge in [0.15, 0.2) is 11.8 Å². The first kappa shape index (κ1) is 17.0. The maximum atomic E-state index is 12.2. The summed E-state index contributed by atoms with van der Waals surface area (Å²) in [6.45, 7) is 3.11. The maximum Gasteiger partial charge on any atom is 0.316 e. The summed E-state index contributed by atoms with van der Waals surface area (Å²) in [4.78, 5) is 28.0. The second kappa shape index (κ2) is 7.24. The number of anilines is 1. The number of hydrogen-bond acceptors (Lipinski definition) is 4. The number of carbonyl (C=O) groups excluding carboxylic acids is 2. The van der Waals surface area contributed by atoms with Crippen LogP contribution in [0.15, 0.2) is 48.7 Å². The molecule has 1 aromatic carbocycles. The van der Waals surface area contributed by atoms with E-state index in [0.29, 0.717) is 5.69 Å². The molecule has 23 heavy (non-hydrogen) atoms. The number of ether oxygens (including phenoxy) is 1. The van der Waals surface area contributed by atoms with Gasteiger partial charge in [-0.05, 0) is 31.5 Å². The zero-order valence-corrected chi connectivity index (χ0v) is 13.6. The van der Waals surface area contributed by atoms with Gasteiger partial charge in [0.1, 0.15) is 0 Å². The van der Waals surface area contributed by atoms with Gasteiger partial charge >= 0.3 is 5.97 Å². The number of pyridine rings is 1. The Morgan fingerprint density at radius 2 is 1.87 bits per heavy atom. The number of rotatable bonds is 5. The molecule has 0 unspecified atom stereocenters. The molecule has 2 aromatic rings. The van der Waals surface area contributed by atoms with Crippen LogP contribution >= 0.6 is 11.6 Å². The second-order valence-electron chi connectivity index (χ2n) is 5.46. The lowest BCUT2D eigenvalue weighted by Gasteiger charge is -2.22. The van der Waals surface area contributed by atoms with Crippen molar-refractivity contribution in [3.8, 4) is 0 Å². The third-order valence-corrected chi connectivity index (χ3v) is 3.67. The normalized spacial score (nSPS) is 10.9. The highest BCUT2D eigenvalue weighted by Gasteiger charge is 2.31. The second-order valence-corrected chi connectivity index (χ2v) is 5.82. The standard InChI is InChI=1S/C17H17ClN2O3/c1-17(2,12-7-4-3-5-8-12)16(22)23-11-14(21)20-13-9-6-10-19-15(13)18/h3-10H,11H2,1-2H3,(H,20,21). The van der Waals surface area contributed by atoms with Gasteiger partial charge in [-0.1, -0.05) is 41.9 Å². The molecule has 0 radical (unpaired) electrons. The molecule has 0 aliphatic heterocycles. The van der Waals surface area contributed by atoms with Crippen molar-refractivity contribution in [3.05, 3.63) is 59.4 Å². The minimum Gasteiger partial charge on any atom is -0.455 e. The third kappa shape index (κ3) is 4.29. The number of halogens is 1. The highest BCUT2D eigenvalue weighted by Crippen LogP contribution is 2.24. The summed E-state index contributed by atoms with van der Waals surface area (Å²) in [5.74, 6) is -0.951. The van der Waals surface area contributed by atoms with Crippen molar-refractivity contribution in [2.45, 2.75) is 19.3 Å². The molecule has 0 aliphatic carbocycles. The Morgan fingerprint density at radius 1 is 1.17 bits per heavy atom. The van der Waals surface area contributed by atoms with E-state index in [1.807, 2.05) is 30.3 Å². The van der Waals surface area contributed by atoms with Gasteiger partial charge in [0.2, 0.25) is 0 Å². The number of nitrogens with one attached hydrogen (secondary N) is 1. The van der Waals surface area contributed by atoms with Crippen LogP contribution in [0.25, 0.3) is 0 Å². The molecule has 0 aliphatic rings. The number of esters is 1. The maximum absolute atomic E-state index is 12.2. The Hall–Kier alpha value is -2.40. The SMILES string of the molecule is CC(C)(C(=O)OCC(=O)Nc1cccnc1Cl)c1ccccc1. The first-order valence-electron chi connectivity index (χ1n) is 7.04. The smallest absolute Gasteiger partial charge is 0.316 e. The van der Waals surface area contributed by atoms with Gasteiger partial charge in [0, 0.05) is 6.20 Å². The van der Waals surface area contributed by atoms with E-state index in [0.717, 1.165) is 5.56 Å². The van der Waals surface area contributed by atoms with Crippen molar-refractivity contribution >= 4 is 29.2 Å². The lowest BCUT2D eigenvalue weighted by atomic mass is 9.85. The molecule has 1 heterocycles. The van der Waals surface area contributed by atoms with Crippen LogP contribution in [-0.2, 0) is 19.7 Å². The molecule has 1 amide bonds. The molecule has 6 heteroatoms. The number of aromatic nitrogens is 1. The highest BCUT2D eigenvalue weighted by atomic mass is 35.5. The van der Waals surface area contributed by atoms with Crippen molar-refractivity contribution in [3.63, 3.8) is 0 Å². The van der Waals surface area contributed by atoms with E-state index in [2.05, 4.69) is 10.3 Å².